The van der Waals surface area contributed by atoms with Crippen molar-refractivity contribution in [3.05, 3.63) is 53.6 Å². The Morgan fingerprint density at radius 2 is 1.65 bits per heavy atom. The molecule has 0 bridgehead atoms. The molecule has 2 aromatic carbocycles. The highest BCUT2D eigenvalue weighted by atomic mass is 32.2. The van der Waals surface area contributed by atoms with E-state index in [1.807, 2.05) is 24.3 Å². The van der Waals surface area contributed by atoms with Crippen molar-refractivity contribution in [2.75, 3.05) is 11.9 Å². The van der Waals surface area contributed by atoms with Crippen LogP contribution < -0.4 is 16.4 Å². The normalized spacial score (nSPS) is 10.2. The molecule has 2 rings (SSSR count). The number of primary amides is 1. The van der Waals surface area contributed by atoms with E-state index in [0.29, 0.717) is 5.69 Å². The number of amides is 3. The summed E-state index contributed by atoms with van der Waals surface area (Å²) in [6, 6.07) is 13.2. The number of carbonyl (C=O) groups is 2. The Hall–Kier alpha value is -2.47. The number of carbonyl (C=O) groups excluding carboxylic acids is 2. The summed E-state index contributed by atoms with van der Waals surface area (Å²) >= 11 is 1.67. The summed E-state index contributed by atoms with van der Waals surface area (Å²) in [6.07, 6.45) is 0. The first kappa shape index (κ1) is 16.9. The molecular formula is C17H19N3O2S. The summed E-state index contributed by atoms with van der Waals surface area (Å²) in [5.74, 6) is -0.321. The molecule has 0 aliphatic rings. The second kappa shape index (κ2) is 7.69. The van der Waals surface area contributed by atoms with Crippen molar-refractivity contribution >= 4 is 29.4 Å². The third-order valence-corrected chi connectivity index (χ3v) is 4.27. The van der Waals surface area contributed by atoms with E-state index < -0.39 is 6.03 Å². The van der Waals surface area contributed by atoms with Gasteiger partial charge in [0.25, 0.3) is 0 Å². The molecule has 0 aliphatic heterocycles. The first-order valence-corrected chi connectivity index (χ1v) is 7.94. The van der Waals surface area contributed by atoms with Crippen LogP contribution in [0.2, 0.25) is 0 Å². The van der Waals surface area contributed by atoms with Crippen LogP contribution in [-0.4, -0.2) is 18.5 Å². The molecule has 6 heteroatoms. The Morgan fingerprint density at radius 1 is 1.00 bits per heavy atom. The van der Waals surface area contributed by atoms with Gasteiger partial charge in [-0.1, -0.05) is 17.8 Å². The third-order valence-electron chi connectivity index (χ3n) is 3.28. The standard InChI is InChI=1S/C17H19N3O2S/c1-11-3-6-15(9-12(11)2)23-14-7-4-13(5-8-14)20-16(21)10-19-17(18)22/h3-9H,10H2,1-2H3,(H,20,21)(H3,18,19,22). The quantitative estimate of drug-likeness (QED) is 0.788. The largest absolute Gasteiger partial charge is 0.352 e. The van der Waals surface area contributed by atoms with Crippen LogP contribution >= 0.6 is 11.8 Å². The van der Waals surface area contributed by atoms with E-state index in [1.54, 1.807) is 11.8 Å². The Morgan fingerprint density at radius 3 is 2.26 bits per heavy atom. The second-order valence-electron chi connectivity index (χ2n) is 5.14. The summed E-state index contributed by atoms with van der Waals surface area (Å²) in [5, 5.41) is 4.93. The molecule has 2 aromatic rings. The van der Waals surface area contributed by atoms with Crippen molar-refractivity contribution in [2.45, 2.75) is 23.6 Å². The van der Waals surface area contributed by atoms with Gasteiger partial charge in [-0.2, -0.15) is 0 Å². The van der Waals surface area contributed by atoms with E-state index in [-0.39, 0.29) is 12.5 Å². The number of rotatable bonds is 5. The SMILES string of the molecule is Cc1ccc(Sc2ccc(NC(=O)CNC(N)=O)cc2)cc1C. The van der Waals surface area contributed by atoms with Crippen LogP contribution in [0.15, 0.2) is 52.3 Å². The Kier molecular flexibility index (Phi) is 5.65. The van der Waals surface area contributed by atoms with Gasteiger partial charge in [0.1, 0.15) is 0 Å². The minimum absolute atomic E-state index is 0.144. The fourth-order valence-electron chi connectivity index (χ4n) is 1.89. The molecule has 0 saturated heterocycles. The zero-order valence-corrected chi connectivity index (χ0v) is 13.9. The van der Waals surface area contributed by atoms with E-state index in [9.17, 15) is 9.59 Å². The molecule has 0 aromatic heterocycles. The average Bonchev–Trinajstić information content (AvgIpc) is 2.51. The fourth-order valence-corrected chi connectivity index (χ4v) is 2.81. The maximum absolute atomic E-state index is 11.6. The summed E-state index contributed by atoms with van der Waals surface area (Å²) in [4.78, 5) is 24.4. The summed E-state index contributed by atoms with van der Waals surface area (Å²) in [7, 11) is 0. The lowest BCUT2D eigenvalue weighted by atomic mass is 10.1. The molecule has 0 saturated carbocycles. The van der Waals surface area contributed by atoms with Gasteiger partial charge in [0.05, 0.1) is 6.54 Å². The molecule has 0 radical (unpaired) electrons. The number of anilines is 1. The van der Waals surface area contributed by atoms with Crippen LogP contribution in [0.5, 0.6) is 0 Å². The highest BCUT2D eigenvalue weighted by Crippen LogP contribution is 2.29. The number of hydrogen-bond acceptors (Lipinski definition) is 3. The van der Waals surface area contributed by atoms with Crippen molar-refractivity contribution in [1.29, 1.82) is 0 Å². The van der Waals surface area contributed by atoms with Crippen molar-refractivity contribution in [3.63, 3.8) is 0 Å². The predicted molar refractivity (Wildman–Crippen MR) is 92.7 cm³/mol. The number of hydrogen-bond donors (Lipinski definition) is 3. The molecule has 0 unspecified atom stereocenters. The van der Waals surface area contributed by atoms with Crippen LogP contribution in [0.25, 0.3) is 0 Å². The topological polar surface area (TPSA) is 84.2 Å². The van der Waals surface area contributed by atoms with Gasteiger partial charge in [0, 0.05) is 15.5 Å². The van der Waals surface area contributed by atoms with Gasteiger partial charge in [0.15, 0.2) is 0 Å². The highest BCUT2D eigenvalue weighted by molar-refractivity contribution is 7.99. The van der Waals surface area contributed by atoms with Crippen LogP contribution in [-0.2, 0) is 4.79 Å². The highest BCUT2D eigenvalue weighted by Gasteiger charge is 2.04. The number of nitrogens with one attached hydrogen (secondary N) is 2. The molecular weight excluding hydrogens is 310 g/mol. The average molecular weight is 329 g/mol. The predicted octanol–water partition coefficient (Wildman–Crippen LogP) is 3.06. The zero-order valence-electron chi connectivity index (χ0n) is 13.1. The lowest BCUT2D eigenvalue weighted by Crippen LogP contribution is -2.36. The summed E-state index contributed by atoms with van der Waals surface area (Å²) in [6.45, 7) is 4.04. The van der Waals surface area contributed by atoms with Gasteiger partial charge in [-0.15, -0.1) is 0 Å². The first-order valence-electron chi connectivity index (χ1n) is 7.12. The Labute approximate surface area is 139 Å². The number of nitrogens with two attached hydrogens (primary N) is 1. The molecule has 4 N–H and O–H groups in total. The van der Waals surface area contributed by atoms with Crippen molar-refractivity contribution in [2.24, 2.45) is 5.73 Å². The van der Waals surface area contributed by atoms with E-state index in [4.69, 9.17) is 5.73 Å². The number of aryl methyl sites for hydroxylation is 2. The minimum Gasteiger partial charge on any atom is -0.352 e. The van der Waals surface area contributed by atoms with Crippen LogP contribution in [0.1, 0.15) is 11.1 Å². The van der Waals surface area contributed by atoms with E-state index in [1.165, 1.54) is 16.0 Å². The molecule has 3 amide bonds. The van der Waals surface area contributed by atoms with Gasteiger partial charge in [-0.05, 0) is 61.4 Å². The van der Waals surface area contributed by atoms with Gasteiger partial charge in [0.2, 0.25) is 5.91 Å². The third kappa shape index (κ3) is 5.34. The van der Waals surface area contributed by atoms with E-state index >= 15 is 0 Å². The lowest BCUT2D eigenvalue weighted by molar-refractivity contribution is -0.115. The van der Waals surface area contributed by atoms with Crippen molar-refractivity contribution in [3.8, 4) is 0 Å². The summed E-state index contributed by atoms with van der Waals surface area (Å²) < 4.78 is 0. The van der Waals surface area contributed by atoms with Crippen molar-refractivity contribution < 1.29 is 9.59 Å². The Bertz CT molecular complexity index is 714. The minimum atomic E-state index is -0.722. The lowest BCUT2D eigenvalue weighted by Gasteiger charge is -2.08. The molecule has 0 aliphatic carbocycles. The molecule has 0 spiro atoms. The molecule has 5 nitrogen and oxygen atoms in total. The number of benzene rings is 2. The molecule has 0 atom stereocenters. The fraction of sp³-hybridized carbons (Fsp3) is 0.176. The van der Waals surface area contributed by atoms with E-state index in [2.05, 4.69) is 42.7 Å². The number of urea groups is 1. The summed E-state index contributed by atoms with van der Waals surface area (Å²) in [5.41, 5.74) is 8.13. The van der Waals surface area contributed by atoms with Gasteiger partial charge in [-0.25, -0.2) is 4.79 Å². The van der Waals surface area contributed by atoms with Gasteiger partial charge >= 0.3 is 6.03 Å². The maximum atomic E-state index is 11.6. The van der Waals surface area contributed by atoms with Crippen LogP contribution in [0.3, 0.4) is 0 Å². The molecule has 120 valence electrons. The maximum Gasteiger partial charge on any atom is 0.312 e. The zero-order chi connectivity index (χ0) is 16.8. The second-order valence-corrected chi connectivity index (χ2v) is 6.29. The smallest absolute Gasteiger partial charge is 0.312 e. The van der Waals surface area contributed by atoms with Crippen LogP contribution in [0.4, 0.5) is 10.5 Å². The van der Waals surface area contributed by atoms with E-state index in [0.717, 1.165) is 4.90 Å². The van der Waals surface area contributed by atoms with Crippen LogP contribution in [0, 0.1) is 13.8 Å². The monoisotopic (exact) mass is 329 g/mol. The Balaban J connectivity index is 1.95. The van der Waals surface area contributed by atoms with Gasteiger partial charge in [-0.3, -0.25) is 4.79 Å². The molecule has 23 heavy (non-hydrogen) atoms. The molecule has 0 heterocycles. The van der Waals surface area contributed by atoms with Crippen molar-refractivity contribution in [1.82, 2.24) is 5.32 Å². The van der Waals surface area contributed by atoms with Gasteiger partial charge < -0.3 is 16.4 Å². The first-order chi connectivity index (χ1) is 10.9. The molecule has 0 fully saturated rings.